The van der Waals surface area contributed by atoms with Crippen LogP contribution >= 0.6 is 0 Å². The Hall–Kier alpha value is -0.300. The Labute approximate surface area is 74.8 Å². The first-order valence-electron chi connectivity index (χ1n) is 4.92. The van der Waals surface area contributed by atoms with E-state index in [2.05, 4.69) is 26.5 Å². The molecule has 0 aromatic heterocycles. The summed E-state index contributed by atoms with van der Waals surface area (Å²) >= 11 is 0. The Morgan fingerprint density at radius 2 is 2.17 bits per heavy atom. The number of fused-ring (bicyclic) bond motifs is 1. The molecule has 68 valence electrons. The minimum atomic E-state index is 0.169. The van der Waals surface area contributed by atoms with Gasteiger partial charge in [-0.1, -0.05) is 6.08 Å². The third-order valence-electron chi connectivity index (χ3n) is 3.74. The summed E-state index contributed by atoms with van der Waals surface area (Å²) in [6, 6.07) is 0. The number of epoxide rings is 1. The molecule has 3 unspecified atom stereocenters. The van der Waals surface area contributed by atoms with Gasteiger partial charge in [-0.2, -0.15) is 0 Å². The number of hydrogen-bond acceptors (Lipinski definition) is 1. The van der Waals surface area contributed by atoms with Crippen molar-refractivity contribution >= 4 is 0 Å². The van der Waals surface area contributed by atoms with Crippen LogP contribution in [0.15, 0.2) is 12.7 Å². The molecule has 0 aromatic rings. The zero-order valence-corrected chi connectivity index (χ0v) is 8.10. The van der Waals surface area contributed by atoms with E-state index in [0.717, 1.165) is 0 Å². The highest BCUT2D eigenvalue weighted by molar-refractivity contribution is 5.13. The Morgan fingerprint density at radius 1 is 1.42 bits per heavy atom. The van der Waals surface area contributed by atoms with E-state index in [1.165, 1.54) is 25.7 Å². The molecule has 12 heavy (non-hydrogen) atoms. The minimum absolute atomic E-state index is 0.169. The predicted molar refractivity (Wildman–Crippen MR) is 50.1 cm³/mol. The van der Waals surface area contributed by atoms with Crippen molar-refractivity contribution < 1.29 is 4.74 Å². The van der Waals surface area contributed by atoms with E-state index < -0.39 is 0 Å². The van der Waals surface area contributed by atoms with Crippen molar-refractivity contribution in [1.29, 1.82) is 0 Å². The fraction of sp³-hybridized carbons (Fsp3) is 0.818. The van der Waals surface area contributed by atoms with Gasteiger partial charge in [0.05, 0.1) is 11.2 Å². The van der Waals surface area contributed by atoms with E-state index in [9.17, 15) is 0 Å². The molecular weight excluding hydrogens is 148 g/mol. The monoisotopic (exact) mass is 166 g/mol. The van der Waals surface area contributed by atoms with E-state index in [0.29, 0.717) is 5.92 Å². The summed E-state index contributed by atoms with van der Waals surface area (Å²) in [5.41, 5.74) is 0.368. The van der Waals surface area contributed by atoms with Crippen LogP contribution in [0.1, 0.15) is 39.5 Å². The summed E-state index contributed by atoms with van der Waals surface area (Å²) in [6.45, 7) is 8.37. The Balaban J connectivity index is 2.11. The molecular formula is C11H18O. The first-order chi connectivity index (χ1) is 5.60. The van der Waals surface area contributed by atoms with E-state index >= 15 is 0 Å². The molecule has 2 aliphatic rings. The van der Waals surface area contributed by atoms with E-state index in [1.807, 2.05) is 0 Å². The van der Waals surface area contributed by atoms with Gasteiger partial charge in [0, 0.05) is 0 Å². The molecule has 1 heterocycles. The van der Waals surface area contributed by atoms with Gasteiger partial charge in [0.2, 0.25) is 0 Å². The smallest absolute Gasteiger partial charge is 0.0954 e. The molecule has 2 rings (SSSR count). The molecule has 0 aromatic carbocycles. The largest absolute Gasteiger partial charge is 0.363 e. The van der Waals surface area contributed by atoms with Crippen LogP contribution in [0, 0.1) is 5.92 Å². The molecule has 0 radical (unpaired) electrons. The SMILES string of the molecule is C=CC1CCCC2(C)OC2(C)C1. The number of rotatable bonds is 1. The summed E-state index contributed by atoms with van der Waals surface area (Å²) in [4.78, 5) is 0. The lowest BCUT2D eigenvalue weighted by molar-refractivity contribution is 0.234. The topological polar surface area (TPSA) is 12.5 Å². The molecule has 2 fully saturated rings. The van der Waals surface area contributed by atoms with Gasteiger partial charge in [0.1, 0.15) is 0 Å². The second-order valence-corrected chi connectivity index (χ2v) is 4.66. The normalized spacial score (nSPS) is 52.3. The summed E-state index contributed by atoms with van der Waals surface area (Å²) < 4.78 is 5.82. The zero-order valence-electron chi connectivity index (χ0n) is 8.10. The predicted octanol–water partition coefficient (Wildman–Crippen LogP) is 2.91. The average molecular weight is 166 g/mol. The van der Waals surface area contributed by atoms with Crippen molar-refractivity contribution in [1.82, 2.24) is 0 Å². The molecule has 3 atom stereocenters. The Morgan fingerprint density at radius 3 is 2.83 bits per heavy atom. The number of ether oxygens (including phenoxy) is 1. The fourth-order valence-corrected chi connectivity index (χ4v) is 2.55. The highest BCUT2D eigenvalue weighted by Crippen LogP contribution is 2.56. The van der Waals surface area contributed by atoms with Crippen molar-refractivity contribution in [3.05, 3.63) is 12.7 Å². The number of hydrogen-bond donors (Lipinski definition) is 0. The van der Waals surface area contributed by atoms with Crippen molar-refractivity contribution in [2.24, 2.45) is 5.92 Å². The van der Waals surface area contributed by atoms with E-state index in [4.69, 9.17) is 4.74 Å². The number of allylic oxidation sites excluding steroid dienone is 1. The van der Waals surface area contributed by atoms with Crippen LogP contribution in [0.2, 0.25) is 0 Å². The lowest BCUT2D eigenvalue weighted by Crippen LogP contribution is -2.19. The van der Waals surface area contributed by atoms with Crippen LogP contribution in [0.3, 0.4) is 0 Å². The van der Waals surface area contributed by atoms with Gasteiger partial charge in [-0.3, -0.25) is 0 Å². The minimum Gasteiger partial charge on any atom is -0.363 e. The lowest BCUT2D eigenvalue weighted by Gasteiger charge is -2.12. The molecule has 1 saturated carbocycles. The second-order valence-electron chi connectivity index (χ2n) is 4.66. The van der Waals surface area contributed by atoms with Gasteiger partial charge >= 0.3 is 0 Å². The van der Waals surface area contributed by atoms with E-state index in [-0.39, 0.29) is 11.2 Å². The maximum atomic E-state index is 5.82. The van der Waals surface area contributed by atoms with Gasteiger partial charge in [-0.15, -0.1) is 6.58 Å². The first-order valence-corrected chi connectivity index (χ1v) is 4.92. The molecule has 0 bridgehead atoms. The van der Waals surface area contributed by atoms with Crippen LogP contribution in [0.4, 0.5) is 0 Å². The van der Waals surface area contributed by atoms with E-state index in [1.54, 1.807) is 0 Å². The summed E-state index contributed by atoms with van der Waals surface area (Å²) in [5, 5.41) is 0. The van der Waals surface area contributed by atoms with Gasteiger partial charge in [-0.05, 0) is 45.4 Å². The van der Waals surface area contributed by atoms with Gasteiger partial charge in [0.25, 0.3) is 0 Å². The van der Waals surface area contributed by atoms with Gasteiger partial charge in [-0.25, -0.2) is 0 Å². The molecule has 0 amide bonds. The van der Waals surface area contributed by atoms with Crippen molar-refractivity contribution in [2.45, 2.75) is 50.7 Å². The van der Waals surface area contributed by atoms with Crippen LogP contribution < -0.4 is 0 Å². The maximum absolute atomic E-state index is 5.82. The zero-order chi connectivity index (χ0) is 8.82. The molecule has 1 nitrogen and oxygen atoms in total. The third-order valence-corrected chi connectivity index (χ3v) is 3.74. The highest BCUT2D eigenvalue weighted by Gasteiger charge is 2.63. The molecule has 1 heteroatoms. The van der Waals surface area contributed by atoms with Crippen LogP contribution in [0.25, 0.3) is 0 Å². The summed E-state index contributed by atoms with van der Waals surface area (Å²) in [7, 11) is 0. The molecule has 1 aliphatic carbocycles. The Kier molecular flexibility index (Phi) is 1.63. The van der Waals surface area contributed by atoms with Gasteiger partial charge in [0.15, 0.2) is 0 Å². The third kappa shape index (κ3) is 1.03. The molecule has 1 aliphatic heterocycles. The average Bonchev–Trinajstić information content (AvgIpc) is 2.53. The quantitative estimate of drug-likeness (QED) is 0.431. The summed E-state index contributed by atoms with van der Waals surface area (Å²) in [5.74, 6) is 0.680. The highest BCUT2D eigenvalue weighted by atomic mass is 16.6. The van der Waals surface area contributed by atoms with Crippen molar-refractivity contribution in [3.63, 3.8) is 0 Å². The Bertz CT molecular complexity index is 211. The van der Waals surface area contributed by atoms with Crippen LogP contribution in [0.5, 0.6) is 0 Å². The van der Waals surface area contributed by atoms with Crippen molar-refractivity contribution in [3.8, 4) is 0 Å². The molecule has 1 saturated heterocycles. The first kappa shape index (κ1) is 8.31. The fourth-order valence-electron chi connectivity index (χ4n) is 2.55. The molecule has 0 spiro atoms. The maximum Gasteiger partial charge on any atom is 0.0954 e. The van der Waals surface area contributed by atoms with Gasteiger partial charge < -0.3 is 4.74 Å². The molecule has 0 N–H and O–H groups in total. The summed E-state index contributed by atoms with van der Waals surface area (Å²) in [6.07, 6.45) is 7.10. The standard InChI is InChI=1S/C11H18O/c1-4-9-6-5-7-10(2)11(3,8-9)12-10/h4,9H,1,5-8H2,2-3H3. The second kappa shape index (κ2) is 2.35. The van der Waals surface area contributed by atoms with Crippen LogP contribution in [-0.2, 0) is 4.74 Å². The van der Waals surface area contributed by atoms with Crippen molar-refractivity contribution in [2.75, 3.05) is 0 Å². The lowest BCUT2D eigenvalue weighted by atomic mass is 9.89. The van der Waals surface area contributed by atoms with Crippen LogP contribution in [-0.4, -0.2) is 11.2 Å².